The largest absolute Gasteiger partial charge is 0.503 e. The molecule has 0 aliphatic carbocycles. The average Bonchev–Trinajstić information content (AvgIpc) is 3.44. The fraction of sp³-hybridized carbons (Fsp3) is 0.167. The number of aryl methyl sites for hydroxylation is 1. The standard InChI is InChI=1S/C30H26N2O4S/c1-3-16-36-22-11-7-10-21(18-22)27-26(24(33)15-13-20-8-5-4-6-9-20)28(34)29(35)32(27)30-31-23-14-12-19(2)17-25(23)37-30/h4-15,17-18,27,34H,3,16H2,1-2H3/b15-13+. The second kappa shape index (κ2) is 10.4. The van der Waals surface area contributed by atoms with Crippen molar-refractivity contribution >= 4 is 44.5 Å². The molecule has 3 aromatic carbocycles. The molecule has 186 valence electrons. The minimum Gasteiger partial charge on any atom is -0.503 e. The molecule has 5 rings (SSSR count). The summed E-state index contributed by atoms with van der Waals surface area (Å²) in [7, 11) is 0. The van der Waals surface area contributed by atoms with Crippen LogP contribution in [0.2, 0.25) is 0 Å². The van der Waals surface area contributed by atoms with Crippen molar-refractivity contribution in [2.75, 3.05) is 11.5 Å². The van der Waals surface area contributed by atoms with Crippen LogP contribution >= 0.6 is 11.3 Å². The Labute approximate surface area is 219 Å². The van der Waals surface area contributed by atoms with Gasteiger partial charge in [0.25, 0.3) is 5.91 Å². The minimum absolute atomic E-state index is 0.0141. The molecule has 0 saturated heterocycles. The Morgan fingerprint density at radius 2 is 1.92 bits per heavy atom. The first kappa shape index (κ1) is 24.5. The smallest absolute Gasteiger partial charge is 0.296 e. The molecule has 1 aliphatic heterocycles. The third kappa shape index (κ3) is 4.90. The van der Waals surface area contributed by atoms with Gasteiger partial charge in [-0.25, -0.2) is 4.98 Å². The van der Waals surface area contributed by atoms with Crippen molar-refractivity contribution in [2.45, 2.75) is 26.3 Å². The number of fused-ring (bicyclic) bond motifs is 1. The van der Waals surface area contributed by atoms with Gasteiger partial charge in [-0.05, 0) is 60.4 Å². The molecule has 6 nitrogen and oxygen atoms in total. The highest BCUT2D eigenvalue weighted by molar-refractivity contribution is 7.22. The number of nitrogens with zero attached hydrogens (tertiary/aromatic N) is 2. The van der Waals surface area contributed by atoms with Crippen LogP contribution in [0.1, 0.15) is 36.1 Å². The van der Waals surface area contributed by atoms with Gasteiger partial charge in [0.15, 0.2) is 16.7 Å². The van der Waals surface area contributed by atoms with E-state index in [0.717, 1.165) is 27.8 Å². The van der Waals surface area contributed by atoms with E-state index in [2.05, 4.69) is 4.98 Å². The molecule has 1 aromatic heterocycles. The normalized spacial score (nSPS) is 15.8. The molecule has 1 amide bonds. The van der Waals surface area contributed by atoms with Crippen molar-refractivity contribution in [1.82, 2.24) is 4.98 Å². The summed E-state index contributed by atoms with van der Waals surface area (Å²) in [6, 6.07) is 21.7. The van der Waals surface area contributed by atoms with E-state index in [1.54, 1.807) is 6.08 Å². The maximum atomic E-state index is 13.5. The SMILES string of the molecule is CCCOc1cccc(C2C(C(=O)/C=C/c3ccccc3)=C(O)C(=O)N2c2nc3ccc(C)cc3s2)c1. The van der Waals surface area contributed by atoms with Crippen molar-refractivity contribution < 1.29 is 19.4 Å². The Morgan fingerprint density at radius 3 is 2.70 bits per heavy atom. The zero-order valence-electron chi connectivity index (χ0n) is 20.5. The van der Waals surface area contributed by atoms with Gasteiger partial charge in [-0.1, -0.05) is 72.9 Å². The third-order valence-corrected chi connectivity index (χ3v) is 7.10. The van der Waals surface area contributed by atoms with Gasteiger partial charge in [0, 0.05) is 0 Å². The maximum Gasteiger partial charge on any atom is 0.296 e. The molecule has 0 radical (unpaired) electrons. The molecule has 0 fully saturated rings. The maximum absolute atomic E-state index is 13.5. The summed E-state index contributed by atoms with van der Waals surface area (Å²) in [6.07, 6.45) is 3.91. The topological polar surface area (TPSA) is 79.7 Å². The number of rotatable bonds is 8. The number of carbonyl (C=O) groups excluding carboxylic acids is 2. The number of benzene rings is 3. The highest BCUT2D eigenvalue weighted by Crippen LogP contribution is 2.44. The van der Waals surface area contributed by atoms with Crippen LogP contribution in [0.3, 0.4) is 0 Å². The van der Waals surface area contributed by atoms with Crippen molar-refractivity contribution in [2.24, 2.45) is 0 Å². The number of thiazole rings is 1. The summed E-state index contributed by atoms with van der Waals surface area (Å²) in [4.78, 5) is 33.0. The Hall–Kier alpha value is -4.23. The number of aromatic nitrogens is 1. The van der Waals surface area contributed by atoms with Crippen LogP contribution in [-0.2, 0) is 9.59 Å². The van der Waals surface area contributed by atoms with E-state index >= 15 is 0 Å². The number of allylic oxidation sites excluding steroid dienone is 1. The summed E-state index contributed by atoms with van der Waals surface area (Å²) in [5, 5.41) is 11.4. The van der Waals surface area contributed by atoms with Crippen LogP contribution in [0, 0.1) is 6.92 Å². The first-order valence-corrected chi connectivity index (χ1v) is 12.9. The number of aliphatic hydroxyl groups excluding tert-OH is 1. The predicted octanol–water partition coefficient (Wildman–Crippen LogP) is 6.58. The Morgan fingerprint density at radius 1 is 1.11 bits per heavy atom. The molecule has 1 N–H and O–H groups in total. The molecule has 1 aliphatic rings. The summed E-state index contributed by atoms with van der Waals surface area (Å²) >= 11 is 1.35. The number of amides is 1. The molecular weight excluding hydrogens is 484 g/mol. The van der Waals surface area contributed by atoms with Crippen molar-refractivity contribution in [3.63, 3.8) is 0 Å². The van der Waals surface area contributed by atoms with E-state index in [1.807, 2.05) is 86.6 Å². The van der Waals surface area contributed by atoms with E-state index in [-0.39, 0.29) is 5.57 Å². The second-order valence-corrected chi connectivity index (χ2v) is 9.85. The van der Waals surface area contributed by atoms with Crippen LogP contribution in [0.4, 0.5) is 5.13 Å². The zero-order chi connectivity index (χ0) is 25.9. The molecule has 37 heavy (non-hydrogen) atoms. The number of ketones is 1. The molecule has 1 atom stereocenters. The van der Waals surface area contributed by atoms with Gasteiger partial charge >= 0.3 is 0 Å². The quantitative estimate of drug-likeness (QED) is 0.271. The van der Waals surface area contributed by atoms with E-state index in [9.17, 15) is 14.7 Å². The Balaban J connectivity index is 1.60. The zero-order valence-corrected chi connectivity index (χ0v) is 21.4. The number of ether oxygens (including phenoxy) is 1. The lowest BCUT2D eigenvalue weighted by Gasteiger charge is -2.24. The van der Waals surface area contributed by atoms with Gasteiger partial charge in [-0.15, -0.1) is 0 Å². The van der Waals surface area contributed by atoms with Crippen molar-refractivity contribution in [1.29, 1.82) is 0 Å². The first-order valence-electron chi connectivity index (χ1n) is 12.1. The molecule has 7 heteroatoms. The van der Waals surface area contributed by atoms with Gasteiger partial charge in [-0.2, -0.15) is 0 Å². The van der Waals surface area contributed by atoms with Crippen LogP contribution in [0.15, 0.2) is 90.2 Å². The van der Waals surface area contributed by atoms with Gasteiger partial charge in [0.1, 0.15) is 5.75 Å². The lowest BCUT2D eigenvalue weighted by Crippen LogP contribution is -2.30. The Kier molecular flexibility index (Phi) is 6.88. The molecule has 2 heterocycles. The number of carbonyl (C=O) groups is 2. The summed E-state index contributed by atoms with van der Waals surface area (Å²) in [5.74, 6) is -1.04. The van der Waals surface area contributed by atoms with Crippen LogP contribution in [0.25, 0.3) is 16.3 Å². The average molecular weight is 511 g/mol. The van der Waals surface area contributed by atoms with Crippen LogP contribution in [-0.4, -0.2) is 28.4 Å². The van der Waals surface area contributed by atoms with Crippen molar-refractivity contribution in [3.8, 4) is 5.75 Å². The lowest BCUT2D eigenvalue weighted by molar-refractivity contribution is -0.117. The highest BCUT2D eigenvalue weighted by Gasteiger charge is 2.45. The highest BCUT2D eigenvalue weighted by atomic mass is 32.1. The third-order valence-electron chi connectivity index (χ3n) is 6.09. The lowest BCUT2D eigenvalue weighted by atomic mass is 9.95. The van der Waals surface area contributed by atoms with Crippen LogP contribution in [0.5, 0.6) is 5.75 Å². The molecule has 4 aromatic rings. The van der Waals surface area contributed by atoms with E-state index < -0.39 is 23.5 Å². The minimum atomic E-state index is -0.854. The number of aliphatic hydroxyl groups is 1. The predicted molar refractivity (Wildman–Crippen MR) is 147 cm³/mol. The number of hydrogen-bond donors (Lipinski definition) is 1. The summed E-state index contributed by atoms with van der Waals surface area (Å²) < 4.78 is 6.74. The van der Waals surface area contributed by atoms with Crippen LogP contribution < -0.4 is 9.64 Å². The molecule has 0 spiro atoms. The molecule has 0 saturated carbocycles. The molecular formula is C30H26N2O4S. The summed E-state index contributed by atoms with van der Waals surface area (Å²) in [5.41, 5.74) is 3.33. The fourth-order valence-electron chi connectivity index (χ4n) is 4.31. The fourth-order valence-corrected chi connectivity index (χ4v) is 5.40. The van der Waals surface area contributed by atoms with Gasteiger partial charge in [0.2, 0.25) is 0 Å². The van der Waals surface area contributed by atoms with Crippen molar-refractivity contribution in [3.05, 3.63) is 107 Å². The number of hydrogen-bond acceptors (Lipinski definition) is 6. The summed E-state index contributed by atoms with van der Waals surface area (Å²) in [6.45, 7) is 4.56. The molecule has 1 unspecified atom stereocenters. The number of anilines is 1. The van der Waals surface area contributed by atoms with Gasteiger partial charge in [0.05, 0.1) is 28.4 Å². The van der Waals surface area contributed by atoms with E-state index in [1.165, 1.54) is 22.3 Å². The Bertz CT molecular complexity index is 1540. The van der Waals surface area contributed by atoms with E-state index in [0.29, 0.717) is 23.1 Å². The second-order valence-electron chi connectivity index (χ2n) is 8.84. The van der Waals surface area contributed by atoms with Gasteiger partial charge in [-0.3, -0.25) is 14.5 Å². The molecule has 0 bridgehead atoms. The first-order chi connectivity index (χ1) is 18.0. The van der Waals surface area contributed by atoms with Gasteiger partial charge < -0.3 is 9.84 Å². The monoisotopic (exact) mass is 510 g/mol. The van der Waals surface area contributed by atoms with E-state index in [4.69, 9.17) is 4.74 Å².